The van der Waals surface area contributed by atoms with Crippen LogP contribution in [-0.2, 0) is 5.41 Å². The lowest BCUT2D eigenvalue weighted by molar-refractivity contribution is 0.112. The van der Waals surface area contributed by atoms with E-state index in [2.05, 4.69) is 92.7 Å². The maximum Gasteiger partial charge on any atom is 0.150 e. The van der Waals surface area contributed by atoms with Gasteiger partial charge in [-0.15, -0.1) is 0 Å². The molecule has 2 aliphatic carbocycles. The van der Waals surface area contributed by atoms with Gasteiger partial charge in [-0.05, 0) is 75.5 Å². The molecular formula is C34H24O. The van der Waals surface area contributed by atoms with Crippen LogP contribution in [-0.4, -0.2) is 6.29 Å². The molecule has 1 heteroatoms. The standard InChI is InChI=1S/C34H24O/c1-21-7-14-27-28-15-8-22(2)18-32(28)34(31(27)17-21)30-6-4-3-5-26(30)29-16-13-25(19-33(29)34)24-11-9-23(20-35)10-12-24/h3-20H,1-2H3. The molecule has 0 heterocycles. The van der Waals surface area contributed by atoms with Crippen molar-refractivity contribution in [3.63, 3.8) is 0 Å². The molecule has 1 spiro atoms. The van der Waals surface area contributed by atoms with Crippen molar-refractivity contribution >= 4 is 6.29 Å². The van der Waals surface area contributed by atoms with E-state index in [1.165, 1.54) is 61.2 Å². The Morgan fingerprint density at radius 3 is 1.66 bits per heavy atom. The summed E-state index contributed by atoms with van der Waals surface area (Å²) < 4.78 is 0. The van der Waals surface area contributed by atoms with Crippen LogP contribution in [0.2, 0.25) is 0 Å². The summed E-state index contributed by atoms with van der Waals surface area (Å²) in [4.78, 5) is 11.2. The van der Waals surface area contributed by atoms with Crippen LogP contribution in [0.1, 0.15) is 43.7 Å². The number of rotatable bonds is 2. The highest BCUT2D eigenvalue weighted by Gasteiger charge is 2.51. The number of hydrogen-bond acceptors (Lipinski definition) is 1. The van der Waals surface area contributed by atoms with Gasteiger partial charge in [-0.1, -0.05) is 108 Å². The smallest absolute Gasteiger partial charge is 0.150 e. The average molecular weight is 449 g/mol. The van der Waals surface area contributed by atoms with E-state index in [0.717, 1.165) is 11.8 Å². The monoisotopic (exact) mass is 448 g/mol. The van der Waals surface area contributed by atoms with Crippen LogP contribution >= 0.6 is 0 Å². The van der Waals surface area contributed by atoms with Crippen LogP contribution in [0.3, 0.4) is 0 Å². The maximum atomic E-state index is 11.2. The van der Waals surface area contributed by atoms with Gasteiger partial charge in [0.15, 0.2) is 0 Å². The first kappa shape index (κ1) is 20.2. The van der Waals surface area contributed by atoms with Gasteiger partial charge in [-0.25, -0.2) is 0 Å². The van der Waals surface area contributed by atoms with E-state index < -0.39 is 0 Å². The molecule has 0 unspecified atom stereocenters. The summed E-state index contributed by atoms with van der Waals surface area (Å²) in [5.41, 5.74) is 15.9. The highest BCUT2D eigenvalue weighted by atomic mass is 16.1. The molecule has 2 aliphatic rings. The van der Waals surface area contributed by atoms with Gasteiger partial charge in [0.25, 0.3) is 0 Å². The van der Waals surface area contributed by atoms with E-state index in [1.54, 1.807) is 0 Å². The van der Waals surface area contributed by atoms with Gasteiger partial charge < -0.3 is 0 Å². The molecule has 1 nitrogen and oxygen atoms in total. The topological polar surface area (TPSA) is 17.1 Å². The number of aryl methyl sites for hydroxylation is 2. The summed E-state index contributed by atoms with van der Waals surface area (Å²) in [5, 5.41) is 0. The molecule has 166 valence electrons. The molecule has 0 N–H and O–H groups in total. The fourth-order valence-electron chi connectivity index (χ4n) is 6.35. The third-order valence-electron chi connectivity index (χ3n) is 7.87. The van der Waals surface area contributed by atoms with Gasteiger partial charge in [0.1, 0.15) is 6.29 Å². The molecule has 0 aromatic heterocycles. The molecule has 0 amide bonds. The lowest BCUT2D eigenvalue weighted by atomic mass is 9.70. The summed E-state index contributed by atoms with van der Waals surface area (Å²) in [6.45, 7) is 4.38. The first-order chi connectivity index (χ1) is 17.1. The average Bonchev–Trinajstić information content (AvgIpc) is 3.34. The first-order valence-electron chi connectivity index (χ1n) is 12.1. The lowest BCUT2D eigenvalue weighted by Crippen LogP contribution is -2.26. The number of carbonyl (C=O) groups excluding carboxylic acids is 1. The molecule has 0 bridgehead atoms. The quantitative estimate of drug-likeness (QED) is 0.244. The van der Waals surface area contributed by atoms with E-state index in [0.29, 0.717) is 5.56 Å². The summed E-state index contributed by atoms with van der Waals surface area (Å²) in [5.74, 6) is 0. The Morgan fingerprint density at radius 2 is 1.03 bits per heavy atom. The van der Waals surface area contributed by atoms with Gasteiger partial charge in [-0.3, -0.25) is 4.79 Å². The van der Waals surface area contributed by atoms with Crippen molar-refractivity contribution in [1.29, 1.82) is 0 Å². The lowest BCUT2D eigenvalue weighted by Gasteiger charge is -2.31. The van der Waals surface area contributed by atoms with Crippen LogP contribution in [0.25, 0.3) is 33.4 Å². The zero-order valence-corrected chi connectivity index (χ0v) is 19.8. The molecule has 7 rings (SSSR count). The van der Waals surface area contributed by atoms with Crippen molar-refractivity contribution in [2.75, 3.05) is 0 Å². The van der Waals surface area contributed by atoms with E-state index in [4.69, 9.17) is 0 Å². The van der Waals surface area contributed by atoms with E-state index in [9.17, 15) is 4.79 Å². The molecular weight excluding hydrogens is 424 g/mol. The molecule has 5 aromatic rings. The van der Waals surface area contributed by atoms with Gasteiger partial charge in [0, 0.05) is 5.56 Å². The van der Waals surface area contributed by atoms with E-state index in [1.807, 2.05) is 24.3 Å². The van der Waals surface area contributed by atoms with Crippen molar-refractivity contribution < 1.29 is 4.79 Å². The van der Waals surface area contributed by atoms with Crippen molar-refractivity contribution in [2.24, 2.45) is 0 Å². The van der Waals surface area contributed by atoms with Crippen molar-refractivity contribution in [1.82, 2.24) is 0 Å². The van der Waals surface area contributed by atoms with Crippen LogP contribution < -0.4 is 0 Å². The predicted octanol–water partition coefficient (Wildman–Crippen LogP) is 8.13. The zero-order valence-electron chi connectivity index (χ0n) is 19.8. The van der Waals surface area contributed by atoms with Crippen molar-refractivity contribution in [3.8, 4) is 33.4 Å². The Bertz CT molecular complexity index is 1620. The first-order valence-corrected chi connectivity index (χ1v) is 12.1. The Balaban J connectivity index is 1.60. The molecule has 35 heavy (non-hydrogen) atoms. The van der Waals surface area contributed by atoms with Gasteiger partial charge in [0.2, 0.25) is 0 Å². The minimum Gasteiger partial charge on any atom is -0.298 e. The fraction of sp³-hybridized carbons (Fsp3) is 0.0882. The van der Waals surface area contributed by atoms with Crippen molar-refractivity contribution in [3.05, 3.63) is 142 Å². The number of carbonyl (C=O) groups is 1. The minimum atomic E-state index is -0.340. The van der Waals surface area contributed by atoms with Crippen LogP contribution in [0, 0.1) is 13.8 Å². The Hall–Kier alpha value is -4.23. The number of fused-ring (bicyclic) bond motifs is 10. The summed E-state index contributed by atoms with van der Waals surface area (Å²) in [7, 11) is 0. The predicted molar refractivity (Wildman–Crippen MR) is 143 cm³/mol. The molecule has 0 fully saturated rings. The molecule has 5 aromatic carbocycles. The summed E-state index contributed by atoms with van der Waals surface area (Å²) in [6, 6.07) is 37.5. The van der Waals surface area contributed by atoms with Crippen LogP contribution in [0.5, 0.6) is 0 Å². The highest BCUT2D eigenvalue weighted by molar-refractivity contribution is 5.96. The largest absolute Gasteiger partial charge is 0.298 e. The highest BCUT2D eigenvalue weighted by Crippen LogP contribution is 2.63. The molecule has 0 radical (unpaired) electrons. The van der Waals surface area contributed by atoms with Gasteiger partial charge >= 0.3 is 0 Å². The Labute approximate surface area is 205 Å². The molecule has 0 saturated carbocycles. The number of benzene rings is 5. The Kier molecular flexibility index (Phi) is 4.11. The second-order valence-electron chi connectivity index (χ2n) is 9.89. The number of hydrogen-bond donors (Lipinski definition) is 0. The third-order valence-corrected chi connectivity index (χ3v) is 7.87. The SMILES string of the molecule is Cc1ccc2c(c1)C1(c3ccccc3-c3ccc(-c4ccc(C=O)cc4)cc31)c1cc(C)ccc1-2. The third kappa shape index (κ3) is 2.61. The zero-order chi connectivity index (χ0) is 23.7. The van der Waals surface area contributed by atoms with Crippen LogP contribution in [0.15, 0.2) is 103 Å². The summed E-state index contributed by atoms with van der Waals surface area (Å²) in [6.07, 6.45) is 0.898. The second-order valence-corrected chi connectivity index (χ2v) is 9.89. The van der Waals surface area contributed by atoms with E-state index >= 15 is 0 Å². The Morgan fingerprint density at radius 1 is 0.514 bits per heavy atom. The van der Waals surface area contributed by atoms with E-state index in [-0.39, 0.29) is 5.41 Å². The minimum absolute atomic E-state index is 0.340. The van der Waals surface area contributed by atoms with Crippen LogP contribution in [0.4, 0.5) is 0 Å². The summed E-state index contributed by atoms with van der Waals surface area (Å²) >= 11 is 0. The molecule has 0 aliphatic heterocycles. The second kappa shape index (κ2) is 7.13. The number of aldehydes is 1. The van der Waals surface area contributed by atoms with Gasteiger partial charge in [0.05, 0.1) is 5.41 Å². The maximum absolute atomic E-state index is 11.2. The fourth-order valence-corrected chi connectivity index (χ4v) is 6.35. The normalized spacial score (nSPS) is 13.8. The molecule has 0 saturated heterocycles. The van der Waals surface area contributed by atoms with Crippen molar-refractivity contribution in [2.45, 2.75) is 19.3 Å². The van der Waals surface area contributed by atoms with Gasteiger partial charge in [-0.2, -0.15) is 0 Å². The molecule has 0 atom stereocenters.